The Morgan fingerprint density at radius 1 is 1.22 bits per heavy atom. The minimum Gasteiger partial charge on any atom is -0.495 e. The summed E-state index contributed by atoms with van der Waals surface area (Å²) in [6.07, 6.45) is 1.46. The summed E-state index contributed by atoms with van der Waals surface area (Å²) in [5, 5.41) is 5.13. The van der Waals surface area contributed by atoms with Crippen LogP contribution >= 0.6 is 22.9 Å². The number of nitrogens with zero attached hydrogens (tertiary/aromatic N) is 2. The Morgan fingerprint density at radius 2 is 1.97 bits per heavy atom. The van der Waals surface area contributed by atoms with Gasteiger partial charge in [-0.05, 0) is 49.2 Å². The molecule has 0 radical (unpaired) electrons. The summed E-state index contributed by atoms with van der Waals surface area (Å²) < 4.78 is 46.2. The summed E-state index contributed by atoms with van der Waals surface area (Å²) in [4.78, 5) is 16.6. The van der Waals surface area contributed by atoms with Gasteiger partial charge in [-0.15, -0.1) is 11.3 Å². The second-order valence-electron chi connectivity index (χ2n) is 7.10. The molecular weight excluding hydrogens is 477 g/mol. The Morgan fingerprint density at radius 3 is 2.66 bits per heavy atom. The molecule has 1 aliphatic rings. The van der Waals surface area contributed by atoms with Gasteiger partial charge >= 0.3 is 0 Å². The summed E-state index contributed by atoms with van der Waals surface area (Å²) in [5.41, 5.74) is 1.37. The zero-order valence-electron chi connectivity index (χ0n) is 17.0. The Balaban J connectivity index is 1.54. The molecule has 0 atom stereocenters. The summed E-state index contributed by atoms with van der Waals surface area (Å²) in [7, 11) is -2.48. The van der Waals surface area contributed by atoms with Gasteiger partial charge in [0.15, 0.2) is 5.13 Å². The molecule has 0 aliphatic carbocycles. The van der Waals surface area contributed by atoms with Crippen molar-refractivity contribution in [3.63, 3.8) is 0 Å². The van der Waals surface area contributed by atoms with Gasteiger partial charge in [-0.2, -0.15) is 4.31 Å². The van der Waals surface area contributed by atoms with Crippen molar-refractivity contribution in [2.75, 3.05) is 25.5 Å². The number of nitrogens with one attached hydrogen (secondary N) is 1. The number of aromatic nitrogens is 1. The highest BCUT2D eigenvalue weighted by molar-refractivity contribution is 7.89. The molecule has 0 saturated carbocycles. The van der Waals surface area contributed by atoms with Crippen LogP contribution < -0.4 is 10.1 Å². The smallest absolute Gasteiger partial charge is 0.257 e. The fraction of sp³-hybridized carbons (Fsp3) is 0.238. The molecule has 1 saturated heterocycles. The van der Waals surface area contributed by atoms with Crippen molar-refractivity contribution in [2.24, 2.45) is 0 Å². The third-order valence-electron chi connectivity index (χ3n) is 5.05. The first-order valence-electron chi connectivity index (χ1n) is 9.70. The van der Waals surface area contributed by atoms with Crippen LogP contribution in [0.5, 0.6) is 5.75 Å². The van der Waals surface area contributed by atoms with E-state index in [4.69, 9.17) is 16.3 Å². The molecule has 2 aromatic carbocycles. The molecule has 32 heavy (non-hydrogen) atoms. The maximum Gasteiger partial charge on any atom is 0.257 e. The van der Waals surface area contributed by atoms with Gasteiger partial charge in [-0.25, -0.2) is 17.8 Å². The van der Waals surface area contributed by atoms with Gasteiger partial charge in [0.05, 0.1) is 17.8 Å². The number of thiazole rings is 1. The number of halogens is 2. The Labute approximate surface area is 193 Å². The van der Waals surface area contributed by atoms with Crippen molar-refractivity contribution in [2.45, 2.75) is 17.7 Å². The lowest BCUT2D eigenvalue weighted by Gasteiger charge is -2.16. The highest BCUT2D eigenvalue weighted by Gasteiger charge is 2.30. The standard InChI is InChI=1S/C21H19ClFN3O4S2/c1-30-18-7-5-13(10-15(18)22)17-12-31-21(24-17)25-20(27)14-4-6-16(23)19(11-14)32(28,29)26-8-2-3-9-26/h4-7,10-12H,2-3,8-9H2,1H3,(H,24,25,27). The molecule has 1 N–H and O–H groups in total. The third-order valence-corrected chi connectivity index (χ3v) is 8.02. The minimum absolute atomic E-state index is 0.0217. The Hall–Kier alpha value is -2.53. The highest BCUT2D eigenvalue weighted by atomic mass is 35.5. The van der Waals surface area contributed by atoms with Crippen LogP contribution in [0.15, 0.2) is 46.7 Å². The zero-order valence-corrected chi connectivity index (χ0v) is 19.4. The van der Waals surface area contributed by atoms with E-state index in [1.165, 1.54) is 28.8 Å². The lowest BCUT2D eigenvalue weighted by atomic mass is 10.2. The number of rotatable bonds is 6. The predicted molar refractivity (Wildman–Crippen MR) is 121 cm³/mol. The highest BCUT2D eigenvalue weighted by Crippen LogP contribution is 2.32. The fourth-order valence-corrected chi connectivity index (χ4v) is 5.95. The Bertz CT molecular complexity index is 1270. The lowest BCUT2D eigenvalue weighted by Crippen LogP contribution is -2.29. The van der Waals surface area contributed by atoms with Gasteiger partial charge in [0.1, 0.15) is 16.5 Å². The van der Waals surface area contributed by atoms with Crippen LogP contribution in [0.25, 0.3) is 11.3 Å². The number of benzene rings is 2. The van der Waals surface area contributed by atoms with E-state index in [1.54, 1.807) is 23.6 Å². The van der Waals surface area contributed by atoms with Gasteiger partial charge in [-0.3, -0.25) is 10.1 Å². The van der Waals surface area contributed by atoms with Crippen molar-refractivity contribution in [3.8, 4) is 17.0 Å². The number of sulfonamides is 1. The predicted octanol–water partition coefficient (Wildman–Crippen LogP) is 4.65. The molecule has 168 valence electrons. The van der Waals surface area contributed by atoms with E-state index >= 15 is 0 Å². The van der Waals surface area contributed by atoms with Crippen LogP contribution in [0.1, 0.15) is 23.2 Å². The fourth-order valence-electron chi connectivity index (χ4n) is 3.37. The van der Waals surface area contributed by atoms with E-state index in [0.717, 1.165) is 30.5 Å². The zero-order chi connectivity index (χ0) is 22.9. The van der Waals surface area contributed by atoms with E-state index in [0.29, 0.717) is 34.7 Å². The molecule has 2 heterocycles. The molecule has 4 rings (SSSR count). The largest absolute Gasteiger partial charge is 0.495 e. The van der Waals surface area contributed by atoms with Crippen molar-refractivity contribution in [3.05, 3.63) is 58.2 Å². The molecule has 1 amide bonds. The molecule has 1 aromatic heterocycles. The number of carbonyl (C=O) groups is 1. The second kappa shape index (κ2) is 9.14. The maximum absolute atomic E-state index is 14.3. The van der Waals surface area contributed by atoms with E-state index in [1.807, 2.05) is 0 Å². The summed E-state index contributed by atoms with van der Waals surface area (Å²) in [5.74, 6) is -0.937. The monoisotopic (exact) mass is 495 g/mol. The SMILES string of the molecule is COc1ccc(-c2csc(NC(=O)c3ccc(F)c(S(=O)(=O)N4CCCC4)c3)n2)cc1Cl. The topological polar surface area (TPSA) is 88.6 Å². The van der Waals surface area contributed by atoms with Gasteiger partial charge in [0.25, 0.3) is 5.91 Å². The molecular formula is C21H19ClFN3O4S2. The number of carbonyl (C=O) groups excluding carboxylic acids is 1. The Kier molecular flexibility index (Phi) is 6.47. The van der Waals surface area contributed by atoms with Crippen molar-refractivity contribution in [1.82, 2.24) is 9.29 Å². The first kappa shape index (κ1) is 22.7. The third kappa shape index (κ3) is 4.49. The number of ether oxygens (including phenoxy) is 1. The van der Waals surface area contributed by atoms with Crippen LogP contribution in [0.3, 0.4) is 0 Å². The maximum atomic E-state index is 14.3. The molecule has 0 unspecified atom stereocenters. The first-order chi connectivity index (χ1) is 15.3. The van der Waals surface area contributed by atoms with Gasteiger partial charge < -0.3 is 4.74 Å². The van der Waals surface area contributed by atoms with Gasteiger partial charge in [0.2, 0.25) is 10.0 Å². The molecule has 1 fully saturated rings. The first-order valence-corrected chi connectivity index (χ1v) is 12.4. The molecule has 0 spiro atoms. The lowest BCUT2D eigenvalue weighted by molar-refractivity contribution is 0.102. The molecule has 7 nitrogen and oxygen atoms in total. The van der Waals surface area contributed by atoms with Crippen LogP contribution in [0.4, 0.5) is 9.52 Å². The van der Waals surface area contributed by atoms with Gasteiger partial charge in [0, 0.05) is 29.6 Å². The average molecular weight is 496 g/mol. The van der Waals surface area contributed by atoms with Crippen molar-refractivity contribution < 1.29 is 22.3 Å². The van der Waals surface area contributed by atoms with Crippen LogP contribution in [-0.2, 0) is 10.0 Å². The molecule has 0 bridgehead atoms. The number of methoxy groups -OCH3 is 1. The summed E-state index contributed by atoms with van der Waals surface area (Å²) in [6.45, 7) is 0.685. The van der Waals surface area contributed by atoms with E-state index in [9.17, 15) is 17.6 Å². The number of anilines is 1. The number of hydrogen-bond acceptors (Lipinski definition) is 6. The molecule has 1 aliphatic heterocycles. The molecule has 11 heteroatoms. The van der Waals surface area contributed by atoms with E-state index in [-0.39, 0.29) is 5.56 Å². The van der Waals surface area contributed by atoms with Crippen LogP contribution in [-0.4, -0.2) is 43.8 Å². The van der Waals surface area contributed by atoms with E-state index < -0.39 is 26.6 Å². The van der Waals surface area contributed by atoms with E-state index in [2.05, 4.69) is 10.3 Å². The quantitative estimate of drug-likeness (QED) is 0.537. The van der Waals surface area contributed by atoms with Crippen LogP contribution in [0.2, 0.25) is 5.02 Å². The number of hydrogen-bond donors (Lipinski definition) is 1. The summed E-state index contributed by atoms with van der Waals surface area (Å²) in [6, 6.07) is 8.51. The summed E-state index contributed by atoms with van der Waals surface area (Å²) >= 11 is 7.36. The average Bonchev–Trinajstić information content (AvgIpc) is 3.46. The normalized spacial score (nSPS) is 14.5. The number of amides is 1. The van der Waals surface area contributed by atoms with Gasteiger partial charge in [-0.1, -0.05) is 11.6 Å². The minimum atomic E-state index is -4.00. The van der Waals surface area contributed by atoms with Crippen molar-refractivity contribution in [1.29, 1.82) is 0 Å². The van der Waals surface area contributed by atoms with Crippen LogP contribution in [0, 0.1) is 5.82 Å². The van der Waals surface area contributed by atoms with Crippen molar-refractivity contribution >= 4 is 44.0 Å². The molecule has 3 aromatic rings. The second-order valence-corrected chi connectivity index (χ2v) is 10.3.